The van der Waals surface area contributed by atoms with E-state index in [9.17, 15) is 0 Å². The fraction of sp³-hybridized carbons (Fsp3) is 0.667. The number of nitrogens with one attached hydrogen (secondary N) is 1. The largest absolute Gasteiger partial charge is 0.369 e. The lowest BCUT2D eigenvalue weighted by Gasteiger charge is -2.31. The molecule has 2 heterocycles. The highest BCUT2D eigenvalue weighted by atomic mass is 35.5. The Labute approximate surface area is 118 Å². The lowest BCUT2D eigenvalue weighted by atomic mass is 9.99. The van der Waals surface area contributed by atoms with Crippen LogP contribution >= 0.6 is 23.2 Å². The Morgan fingerprint density at radius 3 is 2.94 bits per heavy atom. The van der Waals surface area contributed by atoms with Crippen molar-refractivity contribution in [3.05, 3.63) is 16.4 Å². The van der Waals surface area contributed by atoms with Crippen molar-refractivity contribution >= 4 is 28.9 Å². The summed E-state index contributed by atoms with van der Waals surface area (Å²) in [5.74, 6) is 0.654. The number of anilines is 1. The van der Waals surface area contributed by atoms with Crippen molar-refractivity contribution in [3.8, 4) is 0 Å². The Balaban J connectivity index is 2.09. The Bertz CT molecular complexity index is 394. The van der Waals surface area contributed by atoms with Crippen LogP contribution in [0.1, 0.15) is 19.8 Å². The van der Waals surface area contributed by atoms with Crippen LogP contribution in [0.3, 0.4) is 0 Å². The number of hydrogen-bond donors (Lipinski definition) is 1. The van der Waals surface area contributed by atoms with Gasteiger partial charge < -0.3 is 10.2 Å². The fourth-order valence-corrected chi connectivity index (χ4v) is 2.71. The molecule has 1 saturated heterocycles. The van der Waals surface area contributed by atoms with Crippen LogP contribution in [0.25, 0.3) is 0 Å². The Kier molecular flexibility index (Phi) is 5.03. The molecule has 6 heteroatoms. The van der Waals surface area contributed by atoms with Gasteiger partial charge in [-0.15, -0.1) is 10.2 Å². The molecule has 0 aliphatic carbocycles. The van der Waals surface area contributed by atoms with Crippen LogP contribution in [0.5, 0.6) is 0 Å². The summed E-state index contributed by atoms with van der Waals surface area (Å²) in [4.78, 5) is 2.22. The summed E-state index contributed by atoms with van der Waals surface area (Å²) in [5, 5.41) is 11.8. The summed E-state index contributed by atoms with van der Waals surface area (Å²) < 4.78 is 0. The van der Waals surface area contributed by atoms with Crippen molar-refractivity contribution in [2.45, 2.75) is 19.8 Å². The van der Waals surface area contributed by atoms with Gasteiger partial charge in [-0.2, -0.15) is 0 Å². The first-order chi connectivity index (χ1) is 8.70. The van der Waals surface area contributed by atoms with Crippen LogP contribution < -0.4 is 10.2 Å². The van der Waals surface area contributed by atoms with E-state index in [1.165, 1.54) is 12.8 Å². The van der Waals surface area contributed by atoms with Gasteiger partial charge in [-0.25, -0.2) is 0 Å². The maximum atomic E-state index is 6.10. The summed E-state index contributed by atoms with van der Waals surface area (Å²) in [5.41, 5.74) is 0.879. The van der Waals surface area contributed by atoms with E-state index in [-0.39, 0.29) is 0 Å². The van der Waals surface area contributed by atoms with E-state index in [2.05, 4.69) is 27.3 Å². The molecule has 1 aliphatic heterocycles. The molecule has 0 aromatic carbocycles. The maximum Gasteiger partial charge on any atom is 0.175 e. The molecule has 0 radical (unpaired) electrons. The minimum Gasteiger partial charge on any atom is -0.369 e. The van der Waals surface area contributed by atoms with Crippen LogP contribution in [-0.2, 0) is 0 Å². The zero-order valence-electron chi connectivity index (χ0n) is 10.5. The average molecular weight is 289 g/mol. The number of nitrogens with zero attached hydrogens (tertiary/aromatic N) is 3. The van der Waals surface area contributed by atoms with Crippen LogP contribution in [0.4, 0.5) is 5.69 Å². The van der Waals surface area contributed by atoms with Crippen LogP contribution in [0, 0.1) is 5.92 Å². The van der Waals surface area contributed by atoms with Gasteiger partial charge in [-0.1, -0.05) is 23.2 Å². The molecule has 4 nitrogen and oxygen atoms in total. The molecule has 1 aromatic rings. The zero-order valence-corrected chi connectivity index (χ0v) is 12.0. The molecule has 1 N–H and O–H groups in total. The van der Waals surface area contributed by atoms with Crippen molar-refractivity contribution in [2.75, 3.05) is 31.1 Å². The first-order valence-electron chi connectivity index (χ1n) is 6.35. The van der Waals surface area contributed by atoms with Gasteiger partial charge in [-0.05, 0) is 38.8 Å². The van der Waals surface area contributed by atoms with Crippen LogP contribution in [0.15, 0.2) is 6.07 Å². The molecule has 0 saturated carbocycles. The van der Waals surface area contributed by atoms with E-state index in [1.54, 1.807) is 6.07 Å². The van der Waals surface area contributed by atoms with Gasteiger partial charge in [0, 0.05) is 19.2 Å². The third kappa shape index (κ3) is 3.46. The monoisotopic (exact) mass is 288 g/mol. The number of halogens is 2. The number of rotatable bonds is 4. The number of aromatic nitrogens is 2. The number of piperidine rings is 1. The summed E-state index contributed by atoms with van der Waals surface area (Å²) in [7, 11) is 0. The third-order valence-corrected chi connectivity index (χ3v) is 3.75. The SMILES string of the molecule is CCN(CC1CCCNC1)c1cc(Cl)nnc1Cl. The summed E-state index contributed by atoms with van der Waals surface area (Å²) in [6.07, 6.45) is 2.50. The summed E-state index contributed by atoms with van der Waals surface area (Å²) in [6.45, 7) is 6.18. The second-order valence-corrected chi connectivity index (χ2v) is 5.34. The molecule has 2 rings (SSSR count). The Morgan fingerprint density at radius 1 is 1.44 bits per heavy atom. The normalized spacial score (nSPS) is 19.8. The molecule has 1 unspecified atom stereocenters. The molecule has 0 amide bonds. The highest BCUT2D eigenvalue weighted by Crippen LogP contribution is 2.26. The Morgan fingerprint density at radius 2 is 2.28 bits per heavy atom. The smallest absolute Gasteiger partial charge is 0.175 e. The quantitative estimate of drug-likeness (QED) is 0.925. The summed E-state index contributed by atoms with van der Waals surface area (Å²) >= 11 is 12.0. The maximum absolute atomic E-state index is 6.10. The van der Waals surface area contributed by atoms with Crippen molar-refractivity contribution < 1.29 is 0 Å². The molecule has 100 valence electrons. The molecule has 0 bridgehead atoms. The highest BCUT2D eigenvalue weighted by molar-refractivity contribution is 6.33. The lowest BCUT2D eigenvalue weighted by Crippen LogP contribution is -2.38. The minimum atomic E-state index is 0.384. The van der Waals surface area contributed by atoms with Gasteiger partial charge in [0.15, 0.2) is 10.3 Å². The topological polar surface area (TPSA) is 41.0 Å². The van der Waals surface area contributed by atoms with E-state index in [0.29, 0.717) is 16.2 Å². The molecular formula is C12H18Cl2N4. The van der Waals surface area contributed by atoms with E-state index >= 15 is 0 Å². The zero-order chi connectivity index (χ0) is 13.0. The van der Waals surface area contributed by atoms with Crippen LogP contribution in [0.2, 0.25) is 10.3 Å². The third-order valence-electron chi connectivity index (χ3n) is 3.30. The standard InChI is InChI=1S/C12H18Cl2N4/c1-2-18(8-9-4-3-5-15-7-9)10-6-11(13)16-17-12(10)14/h6,9,15H,2-5,7-8H2,1H3. The van der Waals surface area contributed by atoms with Gasteiger partial charge in [0.2, 0.25) is 0 Å². The van der Waals surface area contributed by atoms with Gasteiger partial charge in [0.1, 0.15) is 0 Å². The Hall–Kier alpha value is -0.580. The van der Waals surface area contributed by atoms with E-state index in [1.807, 2.05) is 0 Å². The molecular weight excluding hydrogens is 271 g/mol. The van der Waals surface area contributed by atoms with Gasteiger partial charge in [0.05, 0.1) is 5.69 Å². The molecule has 18 heavy (non-hydrogen) atoms. The first-order valence-corrected chi connectivity index (χ1v) is 7.10. The molecule has 1 fully saturated rings. The van der Waals surface area contributed by atoms with Crippen LogP contribution in [-0.4, -0.2) is 36.4 Å². The molecule has 0 spiro atoms. The predicted octanol–water partition coefficient (Wildman–Crippen LogP) is 2.61. The number of hydrogen-bond acceptors (Lipinski definition) is 4. The van der Waals surface area contributed by atoms with Gasteiger partial charge in [-0.3, -0.25) is 0 Å². The van der Waals surface area contributed by atoms with E-state index < -0.39 is 0 Å². The summed E-state index contributed by atoms with van der Waals surface area (Å²) in [6, 6.07) is 1.79. The van der Waals surface area contributed by atoms with Crippen molar-refractivity contribution in [3.63, 3.8) is 0 Å². The lowest BCUT2D eigenvalue weighted by molar-refractivity contribution is 0.378. The first kappa shape index (κ1) is 13.8. The minimum absolute atomic E-state index is 0.384. The second-order valence-electron chi connectivity index (χ2n) is 4.59. The van der Waals surface area contributed by atoms with Crippen molar-refractivity contribution in [2.24, 2.45) is 5.92 Å². The highest BCUT2D eigenvalue weighted by Gasteiger charge is 2.18. The van der Waals surface area contributed by atoms with Gasteiger partial charge >= 0.3 is 0 Å². The van der Waals surface area contributed by atoms with E-state index in [0.717, 1.165) is 31.9 Å². The molecule has 1 atom stereocenters. The average Bonchev–Trinajstić information content (AvgIpc) is 2.40. The van der Waals surface area contributed by atoms with E-state index in [4.69, 9.17) is 23.2 Å². The molecule has 1 aromatic heterocycles. The fourth-order valence-electron chi connectivity index (χ4n) is 2.36. The van der Waals surface area contributed by atoms with Crippen molar-refractivity contribution in [1.29, 1.82) is 0 Å². The molecule has 1 aliphatic rings. The second kappa shape index (κ2) is 6.55. The predicted molar refractivity (Wildman–Crippen MR) is 75.5 cm³/mol. The van der Waals surface area contributed by atoms with Crippen molar-refractivity contribution in [1.82, 2.24) is 15.5 Å². The van der Waals surface area contributed by atoms with Gasteiger partial charge in [0.25, 0.3) is 0 Å².